The molecule has 0 unspecified atom stereocenters. The molecular weight excluding hydrogens is 152 g/mol. The van der Waals surface area contributed by atoms with Crippen LogP contribution in [-0.4, -0.2) is 12.2 Å². The van der Waals surface area contributed by atoms with Crippen LogP contribution < -0.4 is 4.74 Å². The number of aliphatic hydroxyl groups is 1. The van der Waals surface area contributed by atoms with Crippen LogP contribution in [0.1, 0.15) is 24.2 Å². The molecule has 0 aliphatic heterocycles. The molecule has 0 aromatic heterocycles. The van der Waals surface area contributed by atoms with Crippen LogP contribution in [0, 0.1) is 6.92 Å². The average Bonchev–Trinajstić information content (AvgIpc) is 2.04. The predicted molar refractivity (Wildman–Crippen MR) is 48.4 cm³/mol. The zero-order chi connectivity index (χ0) is 9.14. The molecule has 0 amide bonds. The van der Waals surface area contributed by atoms with Crippen molar-refractivity contribution in [3.05, 3.63) is 29.3 Å². The molecule has 2 nitrogen and oxygen atoms in total. The summed E-state index contributed by atoms with van der Waals surface area (Å²) in [5.41, 5.74) is 1.98. The van der Waals surface area contributed by atoms with E-state index in [9.17, 15) is 5.11 Å². The summed E-state index contributed by atoms with van der Waals surface area (Å²) < 4.78 is 5.10. The van der Waals surface area contributed by atoms with Gasteiger partial charge in [0.05, 0.1) is 13.2 Å². The second kappa shape index (κ2) is 3.59. The number of hydrogen-bond donors (Lipinski definition) is 1. The summed E-state index contributed by atoms with van der Waals surface area (Å²) in [6, 6.07) is 5.68. The maximum atomic E-state index is 9.27. The van der Waals surface area contributed by atoms with Crippen LogP contribution >= 0.6 is 0 Å². The number of methoxy groups -OCH3 is 1. The molecule has 12 heavy (non-hydrogen) atoms. The summed E-state index contributed by atoms with van der Waals surface area (Å²) in [6.07, 6.45) is -0.408. The van der Waals surface area contributed by atoms with Crippen LogP contribution in [-0.2, 0) is 0 Å². The molecule has 0 spiro atoms. The van der Waals surface area contributed by atoms with E-state index in [1.165, 1.54) is 0 Å². The fourth-order valence-electron chi connectivity index (χ4n) is 1.16. The minimum Gasteiger partial charge on any atom is -0.496 e. The van der Waals surface area contributed by atoms with Crippen molar-refractivity contribution in [2.24, 2.45) is 0 Å². The first-order chi connectivity index (χ1) is 5.65. The quantitative estimate of drug-likeness (QED) is 0.728. The molecule has 1 aromatic rings. The third kappa shape index (κ3) is 1.77. The Labute approximate surface area is 72.8 Å². The monoisotopic (exact) mass is 166 g/mol. The van der Waals surface area contributed by atoms with E-state index >= 15 is 0 Å². The molecule has 66 valence electrons. The maximum Gasteiger partial charge on any atom is 0.121 e. The SMILES string of the molecule is COc1ccc([C@H](C)O)cc1C. The Morgan fingerprint density at radius 2 is 2.08 bits per heavy atom. The van der Waals surface area contributed by atoms with Crippen LogP contribution in [0.25, 0.3) is 0 Å². The van der Waals surface area contributed by atoms with Gasteiger partial charge in [0.2, 0.25) is 0 Å². The van der Waals surface area contributed by atoms with Crippen molar-refractivity contribution in [3.8, 4) is 5.75 Å². The first-order valence-electron chi connectivity index (χ1n) is 3.97. The van der Waals surface area contributed by atoms with E-state index in [1.807, 2.05) is 25.1 Å². The molecule has 0 fully saturated rings. The number of hydrogen-bond acceptors (Lipinski definition) is 2. The highest BCUT2D eigenvalue weighted by atomic mass is 16.5. The third-order valence-electron chi connectivity index (χ3n) is 1.90. The lowest BCUT2D eigenvalue weighted by atomic mass is 10.1. The summed E-state index contributed by atoms with van der Waals surface area (Å²) in [7, 11) is 1.64. The molecule has 1 rings (SSSR count). The van der Waals surface area contributed by atoms with Gasteiger partial charge in [-0.15, -0.1) is 0 Å². The molecule has 1 N–H and O–H groups in total. The number of aliphatic hydroxyl groups excluding tert-OH is 1. The van der Waals surface area contributed by atoms with E-state index in [2.05, 4.69) is 0 Å². The third-order valence-corrected chi connectivity index (χ3v) is 1.90. The second-order valence-electron chi connectivity index (χ2n) is 2.91. The Morgan fingerprint density at radius 3 is 2.50 bits per heavy atom. The van der Waals surface area contributed by atoms with Crippen LogP contribution in [0.5, 0.6) is 5.75 Å². The van der Waals surface area contributed by atoms with E-state index in [-0.39, 0.29) is 0 Å². The van der Waals surface area contributed by atoms with Gasteiger partial charge in [0.15, 0.2) is 0 Å². The van der Waals surface area contributed by atoms with Gasteiger partial charge < -0.3 is 9.84 Å². The Hall–Kier alpha value is -1.02. The highest BCUT2D eigenvalue weighted by Gasteiger charge is 2.03. The summed E-state index contributed by atoms with van der Waals surface area (Å²) in [5, 5.41) is 9.27. The molecule has 0 saturated carbocycles. The fraction of sp³-hybridized carbons (Fsp3) is 0.400. The normalized spacial score (nSPS) is 12.7. The molecule has 0 radical (unpaired) electrons. The molecule has 2 heteroatoms. The highest BCUT2D eigenvalue weighted by Crippen LogP contribution is 2.21. The van der Waals surface area contributed by atoms with E-state index < -0.39 is 6.10 Å². The number of benzene rings is 1. The summed E-state index contributed by atoms with van der Waals surface area (Å²) in [4.78, 5) is 0. The Bertz CT molecular complexity index is 267. The van der Waals surface area contributed by atoms with Crippen LogP contribution in [0.2, 0.25) is 0 Å². The summed E-state index contributed by atoms with van der Waals surface area (Å²) in [5.74, 6) is 0.861. The molecule has 0 aliphatic rings. The maximum absolute atomic E-state index is 9.27. The fourth-order valence-corrected chi connectivity index (χ4v) is 1.16. The number of aryl methyl sites for hydroxylation is 1. The largest absolute Gasteiger partial charge is 0.496 e. The second-order valence-corrected chi connectivity index (χ2v) is 2.91. The van der Waals surface area contributed by atoms with Crippen molar-refractivity contribution >= 4 is 0 Å². The van der Waals surface area contributed by atoms with Crippen molar-refractivity contribution in [2.75, 3.05) is 7.11 Å². The number of rotatable bonds is 2. The van der Waals surface area contributed by atoms with Crippen molar-refractivity contribution in [1.29, 1.82) is 0 Å². The van der Waals surface area contributed by atoms with Crippen LogP contribution in [0.4, 0.5) is 0 Å². The molecular formula is C10H14O2. The van der Waals surface area contributed by atoms with Crippen molar-refractivity contribution in [2.45, 2.75) is 20.0 Å². The zero-order valence-electron chi connectivity index (χ0n) is 7.66. The molecule has 0 bridgehead atoms. The van der Waals surface area contributed by atoms with Gasteiger partial charge in [0, 0.05) is 0 Å². The molecule has 0 heterocycles. The van der Waals surface area contributed by atoms with Gasteiger partial charge in [-0.05, 0) is 37.1 Å². The van der Waals surface area contributed by atoms with Gasteiger partial charge in [0.1, 0.15) is 5.75 Å². The van der Waals surface area contributed by atoms with Crippen molar-refractivity contribution < 1.29 is 9.84 Å². The first-order valence-corrected chi connectivity index (χ1v) is 3.97. The Morgan fingerprint density at radius 1 is 1.42 bits per heavy atom. The standard InChI is InChI=1S/C10H14O2/c1-7-6-9(8(2)11)4-5-10(7)12-3/h4-6,8,11H,1-3H3/t8-/m0/s1. The Kier molecular flexibility index (Phi) is 2.71. The van der Waals surface area contributed by atoms with E-state index in [0.29, 0.717) is 0 Å². The zero-order valence-corrected chi connectivity index (χ0v) is 7.66. The number of ether oxygens (including phenoxy) is 1. The van der Waals surface area contributed by atoms with E-state index in [4.69, 9.17) is 4.74 Å². The minimum absolute atomic E-state index is 0.408. The van der Waals surface area contributed by atoms with Crippen molar-refractivity contribution in [1.82, 2.24) is 0 Å². The van der Waals surface area contributed by atoms with Gasteiger partial charge in [0.25, 0.3) is 0 Å². The molecule has 1 atom stereocenters. The summed E-state index contributed by atoms with van der Waals surface area (Å²) in [6.45, 7) is 3.71. The van der Waals surface area contributed by atoms with E-state index in [0.717, 1.165) is 16.9 Å². The highest BCUT2D eigenvalue weighted by molar-refractivity contribution is 5.36. The van der Waals surface area contributed by atoms with Crippen LogP contribution in [0.15, 0.2) is 18.2 Å². The first kappa shape index (κ1) is 9.07. The van der Waals surface area contributed by atoms with Gasteiger partial charge in [-0.3, -0.25) is 0 Å². The van der Waals surface area contributed by atoms with Crippen molar-refractivity contribution in [3.63, 3.8) is 0 Å². The van der Waals surface area contributed by atoms with Crippen LogP contribution in [0.3, 0.4) is 0 Å². The molecule has 0 saturated heterocycles. The summed E-state index contributed by atoms with van der Waals surface area (Å²) >= 11 is 0. The smallest absolute Gasteiger partial charge is 0.121 e. The van der Waals surface area contributed by atoms with Gasteiger partial charge in [-0.25, -0.2) is 0 Å². The van der Waals surface area contributed by atoms with E-state index in [1.54, 1.807) is 14.0 Å². The lowest BCUT2D eigenvalue weighted by Crippen LogP contribution is -1.93. The lowest BCUT2D eigenvalue weighted by Gasteiger charge is -2.08. The lowest BCUT2D eigenvalue weighted by molar-refractivity contribution is 0.199. The predicted octanol–water partition coefficient (Wildman–Crippen LogP) is 2.06. The minimum atomic E-state index is -0.408. The van der Waals surface area contributed by atoms with Gasteiger partial charge in [-0.1, -0.05) is 6.07 Å². The van der Waals surface area contributed by atoms with Gasteiger partial charge >= 0.3 is 0 Å². The molecule has 0 aliphatic carbocycles. The molecule has 1 aromatic carbocycles. The Balaban J connectivity index is 3.02. The topological polar surface area (TPSA) is 29.5 Å². The van der Waals surface area contributed by atoms with Gasteiger partial charge in [-0.2, -0.15) is 0 Å². The average molecular weight is 166 g/mol.